The maximum absolute atomic E-state index is 11.3. The highest BCUT2D eigenvalue weighted by Crippen LogP contribution is 2.34. The number of nitrogens with zero attached hydrogens (tertiary/aromatic N) is 1. The van der Waals surface area contributed by atoms with Gasteiger partial charge in [0.1, 0.15) is 0 Å². The molecule has 0 spiro atoms. The molecule has 1 aromatic rings. The molecule has 1 fully saturated rings. The van der Waals surface area contributed by atoms with Crippen molar-refractivity contribution in [1.29, 1.82) is 0 Å². The van der Waals surface area contributed by atoms with E-state index in [0.717, 1.165) is 17.8 Å². The Balaban J connectivity index is 2.16. The molecule has 0 radical (unpaired) electrons. The molecule has 0 saturated heterocycles. The molecule has 0 bridgehead atoms. The Kier molecular flexibility index (Phi) is 4.33. The number of hydrogen-bond donors (Lipinski definition) is 2. The number of carboxylic acid groups (broad SMARTS) is 1. The highest BCUT2D eigenvalue weighted by atomic mass is 16.4. The Morgan fingerprint density at radius 2 is 2.00 bits per heavy atom. The molecule has 0 heterocycles. The average molecular weight is 276 g/mol. The molecular weight excluding hydrogens is 252 g/mol. The van der Waals surface area contributed by atoms with Crippen LogP contribution in [0.25, 0.3) is 0 Å². The summed E-state index contributed by atoms with van der Waals surface area (Å²) < 4.78 is 0. The largest absolute Gasteiger partial charge is 0.478 e. The van der Waals surface area contributed by atoms with Crippen LogP contribution in [0.2, 0.25) is 0 Å². The molecule has 2 N–H and O–H groups in total. The van der Waals surface area contributed by atoms with Gasteiger partial charge in [-0.2, -0.15) is 0 Å². The van der Waals surface area contributed by atoms with Crippen LogP contribution in [-0.4, -0.2) is 42.2 Å². The standard InChI is InChI=1S/C16H24N2O2/c1-12-6-7-14(13(10-12)15(19)20)17-11-16(18(2)3)8-4-5-9-16/h6-7,10,17H,4-5,8-9,11H2,1-3H3,(H,19,20). The van der Waals surface area contributed by atoms with Gasteiger partial charge in [-0.15, -0.1) is 0 Å². The summed E-state index contributed by atoms with van der Waals surface area (Å²) in [5.74, 6) is -0.874. The molecule has 1 saturated carbocycles. The number of likely N-dealkylation sites (N-methyl/N-ethyl adjacent to an activating group) is 1. The number of hydrogen-bond acceptors (Lipinski definition) is 3. The zero-order chi connectivity index (χ0) is 14.8. The van der Waals surface area contributed by atoms with E-state index in [1.807, 2.05) is 19.1 Å². The summed E-state index contributed by atoms with van der Waals surface area (Å²) in [6, 6.07) is 5.55. The van der Waals surface area contributed by atoms with Crippen LogP contribution in [0.4, 0.5) is 5.69 Å². The van der Waals surface area contributed by atoms with Crippen molar-refractivity contribution in [3.05, 3.63) is 29.3 Å². The molecule has 0 amide bonds. The van der Waals surface area contributed by atoms with Crippen LogP contribution in [0.1, 0.15) is 41.6 Å². The van der Waals surface area contributed by atoms with Crippen LogP contribution in [0.3, 0.4) is 0 Å². The van der Waals surface area contributed by atoms with E-state index in [9.17, 15) is 9.90 Å². The molecule has 0 aliphatic heterocycles. The predicted octanol–water partition coefficient (Wildman–Crippen LogP) is 2.98. The smallest absolute Gasteiger partial charge is 0.337 e. The van der Waals surface area contributed by atoms with Crippen molar-refractivity contribution in [1.82, 2.24) is 4.90 Å². The maximum atomic E-state index is 11.3. The second-order valence-corrected chi connectivity index (χ2v) is 6.03. The fraction of sp³-hybridized carbons (Fsp3) is 0.562. The lowest BCUT2D eigenvalue weighted by atomic mass is 9.95. The zero-order valence-corrected chi connectivity index (χ0v) is 12.6. The van der Waals surface area contributed by atoms with E-state index in [1.54, 1.807) is 6.07 Å². The van der Waals surface area contributed by atoms with Gasteiger partial charge in [-0.3, -0.25) is 0 Å². The van der Waals surface area contributed by atoms with Gasteiger partial charge >= 0.3 is 5.97 Å². The summed E-state index contributed by atoms with van der Waals surface area (Å²) in [7, 11) is 4.22. The van der Waals surface area contributed by atoms with E-state index in [0.29, 0.717) is 5.56 Å². The Hall–Kier alpha value is -1.55. The van der Waals surface area contributed by atoms with Crippen molar-refractivity contribution in [3.8, 4) is 0 Å². The number of anilines is 1. The molecule has 0 aromatic heterocycles. The first-order valence-corrected chi connectivity index (χ1v) is 7.20. The second-order valence-electron chi connectivity index (χ2n) is 6.03. The minimum atomic E-state index is -0.874. The van der Waals surface area contributed by atoms with Crippen molar-refractivity contribution in [2.45, 2.75) is 38.1 Å². The van der Waals surface area contributed by atoms with Gasteiger partial charge < -0.3 is 15.3 Å². The lowest BCUT2D eigenvalue weighted by Crippen LogP contribution is -2.47. The van der Waals surface area contributed by atoms with E-state index < -0.39 is 5.97 Å². The van der Waals surface area contributed by atoms with E-state index >= 15 is 0 Å². The fourth-order valence-corrected chi connectivity index (χ4v) is 3.06. The van der Waals surface area contributed by atoms with Gasteiger partial charge in [0.15, 0.2) is 0 Å². The zero-order valence-electron chi connectivity index (χ0n) is 12.6. The molecule has 1 aliphatic rings. The molecule has 0 atom stereocenters. The number of aromatic carboxylic acids is 1. The third-order valence-electron chi connectivity index (χ3n) is 4.50. The topological polar surface area (TPSA) is 52.6 Å². The molecule has 4 nitrogen and oxygen atoms in total. The van der Waals surface area contributed by atoms with Gasteiger partial charge in [-0.25, -0.2) is 4.79 Å². The molecule has 1 aromatic carbocycles. The quantitative estimate of drug-likeness (QED) is 0.868. The first-order valence-electron chi connectivity index (χ1n) is 7.20. The number of rotatable bonds is 5. The van der Waals surface area contributed by atoms with E-state index in [-0.39, 0.29) is 5.54 Å². The first kappa shape index (κ1) is 14.9. The lowest BCUT2D eigenvalue weighted by molar-refractivity contribution is 0.0697. The van der Waals surface area contributed by atoms with Crippen LogP contribution in [0.15, 0.2) is 18.2 Å². The lowest BCUT2D eigenvalue weighted by Gasteiger charge is -2.37. The SMILES string of the molecule is Cc1ccc(NCC2(N(C)C)CCCC2)c(C(=O)O)c1. The average Bonchev–Trinajstić information content (AvgIpc) is 2.87. The summed E-state index contributed by atoms with van der Waals surface area (Å²) >= 11 is 0. The van der Waals surface area contributed by atoms with Gasteiger partial charge in [0.25, 0.3) is 0 Å². The summed E-state index contributed by atoms with van der Waals surface area (Å²) in [5, 5.41) is 12.7. The monoisotopic (exact) mass is 276 g/mol. The maximum Gasteiger partial charge on any atom is 0.337 e. The molecule has 20 heavy (non-hydrogen) atoms. The van der Waals surface area contributed by atoms with Crippen molar-refractivity contribution < 1.29 is 9.90 Å². The molecule has 4 heteroatoms. The van der Waals surface area contributed by atoms with Crippen LogP contribution in [-0.2, 0) is 0 Å². The number of carbonyl (C=O) groups is 1. The van der Waals surface area contributed by atoms with Crippen molar-refractivity contribution in [2.24, 2.45) is 0 Å². The fourth-order valence-electron chi connectivity index (χ4n) is 3.06. The summed E-state index contributed by atoms with van der Waals surface area (Å²) in [5.41, 5.74) is 2.20. The van der Waals surface area contributed by atoms with E-state index in [2.05, 4.69) is 24.3 Å². The highest BCUT2D eigenvalue weighted by Gasteiger charge is 2.35. The highest BCUT2D eigenvalue weighted by molar-refractivity contribution is 5.94. The Morgan fingerprint density at radius 1 is 1.35 bits per heavy atom. The van der Waals surface area contributed by atoms with Gasteiger partial charge in [0.2, 0.25) is 0 Å². The van der Waals surface area contributed by atoms with Gasteiger partial charge in [-0.05, 0) is 46.0 Å². The normalized spacial score (nSPS) is 17.4. The van der Waals surface area contributed by atoms with Gasteiger partial charge in [-0.1, -0.05) is 24.5 Å². The first-order chi connectivity index (χ1) is 9.44. The Morgan fingerprint density at radius 3 is 2.55 bits per heavy atom. The minimum Gasteiger partial charge on any atom is -0.478 e. The van der Waals surface area contributed by atoms with Crippen LogP contribution >= 0.6 is 0 Å². The Bertz CT molecular complexity index is 491. The number of benzene rings is 1. The molecule has 0 unspecified atom stereocenters. The summed E-state index contributed by atoms with van der Waals surface area (Å²) in [6.07, 6.45) is 4.83. The van der Waals surface area contributed by atoms with Gasteiger partial charge in [0, 0.05) is 17.8 Å². The predicted molar refractivity (Wildman–Crippen MR) is 81.5 cm³/mol. The van der Waals surface area contributed by atoms with E-state index in [4.69, 9.17) is 0 Å². The number of aryl methyl sites for hydroxylation is 1. The molecular formula is C16H24N2O2. The summed E-state index contributed by atoms with van der Waals surface area (Å²) in [6.45, 7) is 2.71. The molecule has 2 rings (SSSR count). The Labute approximate surface area is 120 Å². The molecule has 1 aliphatic carbocycles. The van der Waals surface area contributed by atoms with Gasteiger partial charge in [0.05, 0.1) is 5.56 Å². The minimum absolute atomic E-state index is 0.153. The summed E-state index contributed by atoms with van der Waals surface area (Å²) in [4.78, 5) is 13.6. The third kappa shape index (κ3) is 2.96. The number of nitrogens with one attached hydrogen (secondary N) is 1. The van der Waals surface area contributed by atoms with Crippen LogP contribution in [0.5, 0.6) is 0 Å². The van der Waals surface area contributed by atoms with Crippen molar-refractivity contribution >= 4 is 11.7 Å². The van der Waals surface area contributed by atoms with Crippen molar-refractivity contribution in [2.75, 3.05) is 26.0 Å². The van der Waals surface area contributed by atoms with E-state index in [1.165, 1.54) is 25.7 Å². The second kappa shape index (κ2) is 5.83. The third-order valence-corrected chi connectivity index (χ3v) is 4.50. The van der Waals surface area contributed by atoms with Crippen LogP contribution in [0, 0.1) is 6.92 Å². The molecule has 110 valence electrons. The number of carboxylic acids is 1. The van der Waals surface area contributed by atoms with Crippen LogP contribution < -0.4 is 5.32 Å². The van der Waals surface area contributed by atoms with Crippen molar-refractivity contribution in [3.63, 3.8) is 0 Å².